The average molecular weight is 458 g/mol. The first-order valence-corrected chi connectivity index (χ1v) is 11.4. The van der Waals surface area contributed by atoms with E-state index in [2.05, 4.69) is 32.7 Å². The number of benzene rings is 1. The van der Waals surface area contributed by atoms with Crippen LogP contribution in [-0.2, 0) is 13.1 Å². The van der Waals surface area contributed by atoms with Crippen LogP contribution in [0.3, 0.4) is 0 Å². The van der Waals surface area contributed by atoms with Crippen LogP contribution in [0, 0.1) is 5.41 Å². The van der Waals surface area contributed by atoms with E-state index < -0.39 is 11.6 Å². The number of alkyl halides is 1. The molecule has 2 N–H and O–H groups in total. The highest BCUT2D eigenvalue weighted by Crippen LogP contribution is 2.69. The summed E-state index contributed by atoms with van der Waals surface area (Å²) in [4.78, 5) is 33.6. The van der Waals surface area contributed by atoms with Crippen LogP contribution in [-0.4, -0.2) is 32.5 Å². The van der Waals surface area contributed by atoms with E-state index in [-0.39, 0.29) is 23.2 Å². The van der Waals surface area contributed by atoms with Crippen LogP contribution in [0.2, 0.25) is 0 Å². The van der Waals surface area contributed by atoms with Gasteiger partial charge in [-0.1, -0.05) is 18.2 Å². The van der Waals surface area contributed by atoms with Crippen molar-refractivity contribution in [3.05, 3.63) is 88.2 Å². The lowest BCUT2D eigenvalue weighted by molar-refractivity contribution is -0.209. The Morgan fingerprint density at radius 3 is 2.74 bits per heavy atom. The molecule has 7 rings (SSSR count). The number of hydrogen-bond acceptors (Lipinski definition) is 5. The first-order valence-electron chi connectivity index (χ1n) is 11.4. The molecule has 0 spiro atoms. The minimum absolute atomic E-state index is 0.0766. The standard InChI is InChI=1S/C26H24FN5O2/c27-26-13-25(14-26,15-26)16-28-10-17-4-5-18-11-29-20(8-19(18)7-17)12-30-24(34)21-9-23(33)32-6-2-1-3-22(32)31-21/h1-9,11,28H,10,12-16H2,(H,30,34). The molecule has 7 nitrogen and oxygen atoms in total. The molecule has 3 aliphatic rings. The molecule has 0 aliphatic heterocycles. The molecule has 8 heteroatoms. The zero-order valence-corrected chi connectivity index (χ0v) is 18.6. The van der Waals surface area contributed by atoms with Gasteiger partial charge in [-0.05, 0) is 59.9 Å². The van der Waals surface area contributed by atoms with Gasteiger partial charge in [0.1, 0.15) is 17.0 Å². The van der Waals surface area contributed by atoms with Gasteiger partial charge in [0.25, 0.3) is 11.5 Å². The fourth-order valence-electron chi connectivity index (χ4n) is 5.39. The van der Waals surface area contributed by atoms with Crippen LogP contribution in [0.4, 0.5) is 4.39 Å². The highest BCUT2D eigenvalue weighted by atomic mass is 19.1. The molecule has 0 saturated heterocycles. The Hall–Kier alpha value is -3.65. The van der Waals surface area contributed by atoms with Crippen molar-refractivity contribution in [1.29, 1.82) is 0 Å². The lowest BCUT2D eigenvalue weighted by Crippen LogP contribution is -2.67. The summed E-state index contributed by atoms with van der Waals surface area (Å²) in [5.74, 6) is -0.424. The van der Waals surface area contributed by atoms with Crippen LogP contribution in [0.15, 0.2) is 65.7 Å². The molecule has 2 bridgehead atoms. The summed E-state index contributed by atoms with van der Waals surface area (Å²) in [6.07, 6.45) is 5.51. The summed E-state index contributed by atoms with van der Waals surface area (Å²) in [7, 11) is 0. The largest absolute Gasteiger partial charge is 0.345 e. The predicted octanol–water partition coefficient (Wildman–Crippen LogP) is 3.15. The number of nitrogens with zero attached hydrogens (tertiary/aromatic N) is 3. The lowest BCUT2D eigenvalue weighted by Gasteiger charge is -2.66. The highest BCUT2D eigenvalue weighted by molar-refractivity contribution is 5.92. The second-order valence-corrected chi connectivity index (χ2v) is 9.73. The Morgan fingerprint density at radius 1 is 1.06 bits per heavy atom. The van der Waals surface area contributed by atoms with Crippen molar-refractivity contribution in [2.75, 3.05) is 6.54 Å². The molecular weight excluding hydrogens is 433 g/mol. The SMILES string of the molecule is O=C(NCc1cc2cc(CNCC34CC(F)(C3)C4)ccc2cn1)c1cc(=O)n2ccccc2n1. The summed E-state index contributed by atoms with van der Waals surface area (Å²) >= 11 is 0. The highest BCUT2D eigenvalue weighted by Gasteiger charge is 2.68. The number of fused-ring (bicyclic) bond motifs is 2. The van der Waals surface area contributed by atoms with E-state index in [0.717, 1.165) is 29.4 Å². The Labute approximate surface area is 195 Å². The summed E-state index contributed by atoms with van der Waals surface area (Å²) in [6, 6.07) is 14.6. The van der Waals surface area contributed by atoms with Crippen molar-refractivity contribution in [3.8, 4) is 0 Å². The number of aromatic nitrogens is 3. The van der Waals surface area contributed by atoms with Gasteiger partial charge >= 0.3 is 0 Å². The Morgan fingerprint density at radius 2 is 1.91 bits per heavy atom. The van der Waals surface area contributed by atoms with Gasteiger partial charge in [0, 0.05) is 36.9 Å². The molecule has 3 aromatic heterocycles. The van der Waals surface area contributed by atoms with Gasteiger partial charge in [0.15, 0.2) is 0 Å². The number of carbonyl (C=O) groups excluding carboxylic acids is 1. The summed E-state index contributed by atoms with van der Waals surface area (Å²) in [5, 5.41) is 8.33. The number of carbonyl (C=O) groups is 1. The van der Waals surface area contributed by atoms with E-state index >= 15 is 0 Å². The summed E-state index contributed by atoms with van der Waals surface area (Å²) in [5.41, 5.74) is 1.38. The number of amides is 1. The van der Waals surface area contributed by atoms with Crippen molar-refractivity contribution >= 4 is 22.3 Å². The van der Waals surface area contributed by atoms with Crippen LogP contribution in [0.25, 0.3) is 16.4 Å². The molecule has 0 unspecified atom stereocenters. The first-order chi connectivity index (χ1) is 16.4. The molecule has 172 valence electrons. The number of nitrogens with one attached hydrogen (secondary N) is 2. The molecular formula is C26H24FN5O2. The molecule has 4 aromatic rings. The van der Waals surface area contributed by atoms with Crippen molar-refractivity contribution in [2.45, 2.75) is 38.0 Å². The fourth-order valence-corrected chi connectivity index (χ4v) is 5.39. The van der Waals surface area contributed by atoms with E-state index in [1.165, 1.54) is 10.5 Å². The second-order valence-electron chi connectivity index (χ2n) is 9.73. The molecule has 3 saturated carbocycles. The maximum Gasteiger partial charge on any atom is 0.270 e. The maximum atomic E-state index is 13.7. The van der Waals surface area contributed by atoms with Gasteiger partial charge < -0.3 is 10.6 Å². The van der Waals surface area contributed by atoms with Crippen LogP contribution in [0.1, 0.15) is 41.0 Å². The first kappa shape index (κ1) is 20.9. The summed E-state index contributed by atoms with van der Waals surface area (Å²) in [6.45, 7) is 1.81. The van der Waals surface area contributed by atoms with E-state index in [4.69, 9.17) is 0 Å². The Balaban J connectivity index is 1.11. The number of halogens is 1. The van der Waals surface area contributed by atoms with Crippen LogP contribution >= 0.6 is 0 Å². The number of rotatable bonds is 7. The molecule has 3 heterocycles. The molecule has 0 atom stereocenters. The zero-order valence-electron chi connectivity index (χ0n) is 18.6. The van der Waals surface area contributed by atoms with Gasteiger partial charge in [-0.15, -0.1) is 0 Å². The van der Waals surface area contributed by atoms with Crippen LogP contribution in [0.5, 0.6) is 0 Å². The third-order valence-electron chi connectivity index (χ3n) is 6.98. The van der Waals surface area contributed by atoms with Gasteiger partial charge in [0.05, 0.1) is 12.2 Å². The average Bonchev–Trinajstić information content (AvgIpc) is 2.80. The molecule has 1 aromatic carbocycles. The monoisotopic (exact) mass is 457 g/mol. The third kappa shape index (κ3) is 3.74. The molecule has 3 fully saturated rings. The van der Waals surface area contributed by atoms with E-state index in [9.17, 15) is 14.0 Å². The molecule has 0 radical (unpaired) electrons. The summed E-state index contributed by atoms with van der Waals surface area (Å²) < 4.78 is 15.1. The minimum atomic E-state index is -0.857. The Kier molecular flexibility index (Phi) is 4.74. The van der Waals surface area contributed by atoms with Crippen LogP contribution < -0.4 is 16.2 Å². The van der Waals surface area contributed by atoms with Gasteiger partial charge in [-0.25, -0.2) is 9.37 Å². The van der Waals surface area contributed by atoms with E-state index in [1.54, 1.807) is 30.6 Å². The lowest BCUT2D eigenvalue weighted by atomic mass is 9.42. The molecule has 1 amide bonds. The second kappa shape index (κ2) is 7.70. The molecule has 34 heavy (non-hydrogen) atoms. The van der Waals surface area contributed by atoms with Crippen molar-refractivity contribution < 1.29 is 9.18 Å². The smallest absolute Gasteiger partial charge is 0.270 e. The van der Waals surface area contributed by atoms with Crippen molar-refractivity contribution in [1.82, 2.24) is 25.0 Å². The van der Waals surface area contributed by atoms with E-state index in [1.807, 2.05) is 12.1 Å². The van der Waals surface area contributed by atoms with Gasteiger partial charge in [-0.2, -0.15) is 0 Å². The fraction of sp³-hybridized carbons (Fsp3) is 0.308. The maximum absolute atomic E-state index is 13.7. The number of pyridine rings is 2. The topological polar surface area (TPSA) is 88.4 Å². The molecule has 3 aliphatic carbocycles. The van der Waals surface area contributed by atoms with Crippen molar-refractivity contribution in [3.63, 3.8) is 0 Å². The van der Waals surface area contributed by atoms with Gasteiger partial charge in [-0.3, -0.25) is 19.0 Å². The minimum Gasteiger partial charge on any atom is -0.345 e. The predicted molar refractivity (Wildman–Crippen MR) is 126 cm³/mol. The Bertz CT molecular complexity index is 1480. The van der Waals surface area contributed by atoms with E-state index in [0.29, 0.717) is 30.6 Å². The van der Waals surface area contributed by atoms with Crippen molar-refractivity contribution in [2.24, 2.45) is 5.41 Å². The number of hydrogen-bond donors (Lipinski definition) is 2. The normalized spacial score (nSPS) is 22.9. The third-order valence-corrected chi connectivity index (χ3v) is 6.98. The zero-order chi connectivity index (χ0) is 23.3. The quantitative estimate of drug-likeness (QED) is 0.445. The van der Waals surface area contributed by atoms with Gasteiger partial charge in [0.2, 0.25) is 0 Å².